The maximum Gasteiger partial charge on any atom is 0.251 e. The Morgan fingerprint density at radius 1 is 1.09 bits per heavy atom. The summed E-state index contributed by atoms with van der Waals surface area (Å²) in [6.45, 7) is 0.676. The summed E-state index contributed by atoms with van der Waals surface area (Å²) in [5.41, 5.74) is 9.46. The molecule has 1 aromatic carbocycles. The number of benzene rings is 1. The molecule has 1 amide bonds. The van der Waals surface area contributed by atoms with Gasteiger partial charge < -0.3 is 11.1 Å². The molecule has 3 N–H and O–H groups in total. The van der Waals surface area contributed by atoms with Gasteiger partial charge in [0.15, 0.2) is 0 Å². The third-order valence-corrected chi connectivity index (χ3v) is 5.14. The SMILES string of the molecule is Cl.NCC1CCCCC1NC(=O)c1ccc2c(c1)CCCC2. The molecule has 0 bridgehead atoms. The third-order valence-electron chi connectivity index (χ3n) is 5.14. The fraction of sp³-hybridized carbons (Fsp3) is 0.611. The molecular weight excluding hydrogens is 296 g/mol. The largest absolute Gasteiger partial charge is 0.349 e. The first kappa shape index (κ1) is 17.3. The topological polar surface area (TPSA) is 55.1 Å². The Morgan fingerprint density at radius 3 is 2.59 bits per heavy atom. The molecule has 3 nitrogen and oxygen atoms in total. The highest BCUT2D eigenvalue weighted by atomic mass is 35.5. The van der Waals surface area contributed by atoms with Gasteiger partial charge in [0.2, 0.25) is 0 Å². The van der Waals surface area contributed by atoms with Crippen molar-refractivity contribution in [3.05, 3.63) is 34.9 Å². The van der Waals surface area contributed by atoms with Crippen molar-refractivity contribution >= 4 is 18.3 Å². The lowest BCUT2D eigenvalue weighted by atomic mass is 9.84. The number of rotatable bonds is 3. The first-order chi connectivity index (χ1) is 10.3. The van der Waals surface area contributed by atoms with Gasteiger partial charge >= 0.3 is 0 Å². The van der Waals surface area contributed by atoms with Crippen LogP contribution < -0.4 is 11.1 Å². The molecule has 3 rings (SSSR count). The van der Waals surface area contributed by atoms with Crippen molar-refractivity contribution in [2.24, 2.45) is 11.7 Å². The minimum atomic E-state index is 0. The summed E-state index contributed by atoms with van der Waals surface area (Å²) in [7, 11) is 0. The van der Waals surface area contributed by atoms with E-state index in [1.807, 2.05) is 6.07 Å². The molecule has 2 atom stereocenters. The molecule has 122 valence electrons. The quantitative estimate of drug-likeness (QED) is 0.897. The van der Waals surface area contributed by atoms with E-state index in [2.05, 4.69) is 17.4 Å². The molecule has 22 heavy (non-hydrogen) atoms. The predicted octanol–water partition coefficient (Wildman–Crippen LogP) is 3.23. The Kier molecular flexibility index (Phi) is 6.27. The summed E-state index contributed by atoms with van der Waals surface area (Å²) < 4.78 is 0. The van der Waals surface area contributed by atoms with E-state index in [4.69, 9.17) is 5.73 Å². The van der Waals surface area contributed by atoms with Crippen molar-refractivity contribution in [3.63, 3.8) is 0 Å². The summed E-state index contributed by atoms with van der Waals surface area (Å²) in [4.78, 5) is 12.5. The number of halogens is 1. The van der Waals surface area contributed by atoms with Crippen LogP contribution in [0.25, 0.3) is 0 Å². The number of nitrogens with two attached hydrogens (primary N) is 1. The number of nitrogens with one attached hydrogen (secondary N) is 1. The van der Waals surface area contributed by atoms with Crippen LogP contribution in [0.4, 0.5) is 0 Å². The van der Waals surface area contributed by atoms with Gasteiger partial charge in [0.1, 0.15) is 0 Å². The van der Waals surface area contributed by atoms with Crippen LogP contribution in [0.15, 0.2) is 18.2 Å². The molecule has 4 heteroatoms. The van der Waals surface area contributed by atoms with Crippen molar-refractivity contribution in [1.82, 2.24) is 5.32 Å². The lowest BCUT2D eigenvalue weighted by Crippen LogP contribution is -2.44. The molecule has 1 aromatic rings. The molecule has 0 heterocycles. The molecule has 0 radical (unpaired) electrons. The number of carbonyl (C=O) groups is 1. The van der Waals surface area contributed by atoms with Gasteiger partial charge in [-0.2, -0.15) is 0 Å². The zero-order valence-corrected chi connectivity index (χ0v) is 14.0. The molecule has 2 aliphatic rings. The maximum absolute atomic E-state index is 12.5. The predicted molar refractivity (Wildman–Crippen MR) is 92.6 cm³/mol. The van der Waals surface area contributed by atoms with Crippen LogP contribution >= 0.6 is 12.4 Å². The van der Waals surface area contributed by atoms with E-state index in [1.54, 1.807) is 0 Å². The van der Waals surface area contributed by atoms with Crippen molar-refractivity contribution in [1.29, 1.82) is 0 Å². The lowest BCUT2D eigenvalue weighted by molar-refractivity contribution is 0.0908. The second kappa shape index (κ2) is 7.98. The standard InChI is InChI=1S/C18H26N2O.ClH/c19-12-16-7-3-4-8-17(16)20-18(21)15-10-9-13-5-1-2-6-14(13)11-15;/h9-11,16-17H,1-8,12,19H2,(H,20,21);1H. The van der Waals surface area contributed by atoms with E-state index in [9.17, 15) is 4.79 Å². The minimum Gasteiger partial charge on any atom is -0.349 e. The number of aryl methyl sites for hydroxylation is 2. The van der Waals surface area contributed by atoms with E-state index >= 15 is 0 Å². The number of amides is 1. The van der Waals surface area contributed by atoms with Gasteiger partial charge in [0.25, 0.3) is 5.91 Å². The number of fused-ring (bicyclic) bond motifs is 1. The smallest absolute Gasteiger partial charge is 0.251 e. The summed E-state index contributed by atoms with van der Waals surface area (Å²) >= 11 is 0. The number of hydrogen-bond acceptors (Lipinski definition) is 2. The van der Waals surface area contributed by atoms with Crippen LogP contribution in [-0.4, -0.2) is 18.5 Å². The van der Waals surface area contributed by atoms with Gasteiger partial charge in [-0.25, -0.2) is 0 Å². The summed E-state index contributed by atoms with van der Waals surface area (Å²) in [6.07, 6.45) is 9.46. The average molecular weight is 323 g/mol. The fourth-order valence-electron chi connectivity index (χ4n) is 3.81. The molecule has 0 saturated heterocycles. The monoisotopic (exact) mass is 322 g/mol. The summed E-state index contributed by atoms with van der Waals surface area (Å²) in [5.74, 6) is 0.522. The third kappa shape index (κ3) is 3.82. The molecule has 0 aromatic heterocycles. The van der Waals surface area contributed by atoms with Crippen LogP contribution in [0.5, 0.6) is 0 Å². The van der Waals surface area contributed by atoms with E-state index in [0.717, 1.165) is 31.2 Å². The Hall–Kier alpha value is -1.06. The maximum atomic E-state index is 12.5. The molecule has 1 fully saturated rings. The second-order valence-electron chi connectivity index (χ2n) is 6.55. The van der Waals surface area contributed by atoms with Gasteiger partial charge in [-0.05, 0) is 74.2 Å². The molecule has 0 spiro atoms. The normalized spacial score (nSPS) is 24.0. The zero-order chi connectivity index (χ0) is 14.7. The van der Waals surface area contributed by atoms with Crippen molar-refractivity contribution < 1.29 is 4.79 Å². The van der Waals surface area contributed by atoms with Gasteiger partial charge in [-0.3, -0.25) is 4.79 Å². The number of hydrogen-bond donors (Lipinski definition) is 2. The molecule has 1 saturated carbocycles. The fourth-order valence-corrected chi connectivity index (χ4v) is 3.81. The Labute approximate surface area is 139 Å². The number of carbonyl (C=O) groups excluding carboxylic acids is 1. The first-order valence-electron chi connectivity index (χ1n) is 8.40. The molecule has 2 unspecified atom stereocenters. The van der Waals surface area contributed by atoms with Crippen LogP contribution in [0, 0.1) is 5.92 Å². The molecular formula is C18H27ClN2O. The van der Waals surface area contributed by atoms with Gasteiger partial charge in [0.05, 0.1) is 0 Å². The molecule has 2 aliphatic carbocycles. The summed E-state index contributed by atoms with van der Waals surface area (Å²) in [6, 6.07) is 6.49. The van der Waals surface area contributed by atoms with Crippen molar-refractivity contribution in [2.45, 2.75) is 57.4 Å². The Bertz CT molecular complexity index is 518. The van der Waals surface area contributed by atoms with Crippen LogP contribution in [0.3, 0.4) is 0 Å². The second-order valence-corrected chi connectivity index (χ2v) is 6.55. The van der Waals surface area contributed by atoms with Gasteiger partial charge in [0, 0.05) is 11.6 Å². The van der Waals surface area contributed by atoms with E-state index in [0.29, 0.717) is 12.5 Å². The lowest BCUT2D eigenvalue weighted by Gasteiger charge is -2.31. The van der Waals surface area contributed by atoms with Crippen molar-refractivity contribution in [2.75, 3.05) is 6.54 Å². The van der Waals surface area contributed by atoms with E-state index in [1.165, 1.54) is 36.8 Å². The van der Waals surface area contributed by atoms with Crippen LogP contribution in [0.2, 0.25) is 0 Å². The zero-order valence-electron chi connectivity index (χ0n) is 13.1. The highest BCUT2D eigenvalue weighted by Crippen LogP contribution is 2.25. The highest BCUT2D eigenvalue weighted by molar-refractivity contribution is 5.94. The van der Waals surface area contributed by atoms with Gasteiger partial charge in [-0.1, -0.05) is 18.9 Å². The van der Waals surface area contributed by atoms with E-state index in [-0.39, 0.29) is 24.4 Å². The van der Waals surface area contributed by atoms with Crippen LogP contribution in [-0.2, 0) is 12.8 Å². The van der Waals surface area contributed by atoms with E-state index < -0.39 is 0 Å². The summed E-state index contributed by atoms with van der Waals surface area (Å²) in [5, 5.41) is 3.22. The molecule has 0 aliphatic heterocycles. The van der Waals surface area contributed by atoms with Crippen LogP contribution in [0.1, 0.15) is 60.0 Å². The van der Waals surface area contributed by atoms with Gasteiger partial charge in [-0.15, -0.1) is 12.4 Å². The first-order valence-corrected chi connectivity index (χ1v) is 8.40. The van der Waals surface area contributed by atoms with Crippen molar-refractivity contribution in [3.8, 4) is 0 Å². The Balaban J connectivity index is 0.00000176. The average Bonchev–Trinajstić information content (AvgIpc) is 2.55. The minimum absolute atomic E-state index is 0. The highest BCUT2D eigenvalue weighted by Gasteiger charge is 2.25. The Morgan fingerprint density at radius 2 is 1.82 bits per heavy atom.